The number of alkyl halides is 5. The van der Waals surface area contributed by atoms with E-state index in [-0.39, 0.29) is 5.69 Å². The average Bonchev–Trinajstić information content (AvgIpc) is 2.99. The van der Waals surface area contributed by atoms with Gasteiger partial charge in [-0.3, -0.25) is 4.79 Å². The molecule has 2 aromatic rings. The molecule has 1 atom stereocenters. The summed E-state index contributed by atoms with van der Waals surface area (Å²) in [6.07, 6.45) is -8.70. The van der Waals surface area contributed by atoms with Crippen LogP contribution in [0.3, 0.4) is 0 Å². The summed E-state index contributed by atoms with van der Waals surface area (Å²) in [6.45, 7) is 1.73. The van der Waals surface area contributed by atoms with E-state index >= 15 is 0 Å². The number of carbonyl (C=O) groups is 2. The smallest absolute Gasteiger partial charge is 0.434 e. The average molecular weight is 391 g/mol. The zero-order valence-electron chi connectivity index (χ0n) is 13.8. The summed E-state index contributed by atoms with van der Waals surface area (Å²) in [5.74, 6) is -3.25. The molecule has 1 aromatic heterocycles. The van der Waals surface area contributed by atoms with E-state index in [0.29, 0.717) is 10.9 Å². The maximum absolute atomic E-state index is 13.5. The maximum Gasteiger partial charge on any atom is 0.434 e. The van der Waals surface area contributed by atoms with Gasteiger partial charge in [0, 0.05) is 6.42 Å². The predicted molar refractivity (Wildman–Crippen MR) is 82.8 cm³/mol. The molecular formula is C16H14F5N3O3. The first-order valence-electron chi connectivity index (χ1n) is 7.54. The molecule has 0 spiro atoms. The Morgan fingerprint density at radius 1 is 1.22 bits per heavy atom. The van der Waals surface area contributed by atoms with E-state index < -0.39 is 48.2 Å². The van der Waals surface area contributed by atoms with Gasteiger partial charge in [0.15, 0.2) is 5.69 Å². The zero-order chi connectivity index (χ0) is 20.4. The highest BCUT2D eigenvalue weighted by Crippen LogP contribution is 2.33. The topological polar surface area (TPSA) is 84.2 Å². The molecular weight excluding hydrogens is 377 g/mol. The molecule has 0 fully saturated rings. The van der Waals surface area contributed by atoms with E-state index in [4.69, 9.17) is 5.11 Å². The molecule has 6 nitrogen and oxygen atoms in total. The first-order valence-corrected chi connectivity index (χ1v) is 7.54. The molecule has 11 heteroatoms. The van der Waals surface area contributed by atoms with Crippen LogP contribution in [0.5, 0.6) is 0 Å². The minimum atomic E-state index is -5.00. The van der Waals surface area contributed by atoms with Gasteiger partial charge in [-0.2, -0.15) is 18.3 Å². The van der Waals surface area contributed by atoms with Crippen LogP contribution in [0.1, 0.15) is 28.0 Å². The first-order chi connectivity index (χ1) is 12.5. The molecule has 2 N–H and O–H groups in total. The second kappa shape index (κ2) is 7.72. The van der Waals surface area contributed by atoms with Gasteiger partial charge < -0.3 is 10.4 Å². The molecule has 146 valence electrons. The number of hydrogen-bond donors (Lipinski definition) is 2. The number of hydrogen-bond acceptors (Lipinski definition) is 3. The van der Waals surface area contributed by atoms with Crippen molar-refractivity contribution in [3.05, 3.63) is 47.3 Å². The number of aromatic nitrogens is 2. The van der Waals surface area contributed by atoms with Gasteiger partial charge >= 0.3 is 12.1 Å². The van der Waals surface area contributed by atoms with Gasteiger partial charge in [-0.15, -0.1) is 0 Å². The number of aryl methyl sites for hydroxylation is 1. The van der Waals surface area contributed by atoms with Gasteiger partial charge in [-0.1, -0.05) is 17.7 Å². The van der Waals surface area contributed by atoms with Crippen molar-refractivity contribution in [2.24, 2.45) is 0 Å². The Bertz CT molecular complexity index is 831. The number of rotatable bonds is 6. The van der Waals surface area contributed by atoms with Crippen LogP contribution in [-0.2, 0) is 11.0 Å². The number of benzene rings is 1. The summed E-state index contributed by atoms with van der Waals surface area (Å²) in [4.78, 5) is 23.1. The predicted octanol–water partition coefficient (Wildman–Crippen LogP) is 3.04. The number of carboxylic acids is 1. The van der Waals surface area contributed by atoms with Crippen molar-refractivity contribution in [3.63, 3.8) is 0 Å². The number of carbonyl (C=O) groups excluding carboxylic acids is 1. The molecule has 2 rings (SSSR count). The van der Waals surface area contributed by atoms with Crippen molar-refractivity contribution in [2.45, 2.75) is 32.0 Å². The monoisotopic (exact) mass is 391 g/mol. The normalized spacial score (nSPS) is 12.9. The first kappa shape index (κ1) is 20.3. The lowest BCUT2D eigenvalue weighted by Crippen LogP contribution is -2.42. The van der Waals surface area contributed by atoms with E-state index in [1.54, 1.807) is 24.4 Å². The van der Waals surface area contributed by atoms with Gasteiger partial charge in [0.2, 0.25) is 6.43 Å². The molecule has 0 aliphatic rings. The third-order valence-corrected chi connectivity index (χ3v) is 3.58. The number of nitrogens with one attached hydrogen (secondary N) is 1. The lowest BCUT2D eigenvalue weighted by Gasteiger charge is -2.16. The third kappa shape index (κ3) is 4.80. The summed E-state index contributed by atoms with van der Waals surface area (Å²) in [5.41, 5.74) is -1.60. The van der Waals surface area contributed by atoms with Gasteiger partial charge in [0.05, 0.1) is 17.4 Å². The fourth-order valence-electron chi connectivity index (χ4n) is 2.30. The summed E-state index contributed by atoms with van der Waals surface area (Å²) < 4.78 is 65.8. The van der Waals surface area contributed by atoms with E-state index in [2.05, 4.69) is 5.10 Å². The van der Waals surface area contributed by atoms with Gasteiger partial charge in [0.25, 0.3) is 5.91 Å². The van der Waals surface area contributed by atoms with Crippen LogP contribution in [0.4, 0.5) is 22.0 Å². The number of aliphatic carboxylic acids is 1. The van der Waals surface area contributed by atoms with Crippen molar-refractivity contribution in [1.82, 2.24) is 15.1 Å². The number of nitrogens with zero attached hydrogens (tertiary/aromatic N) is 2. The summed E-state index contributed by atoms with van der Waals surface area (Å²) in [6, 6.07) is 3.76. The number of halogens is 5. The summed E-state index contributed by atoms with van der Waals surface area (Å²) in [7, 11) is 0. The molecule has 0 saturated heterocycles. The van der Waals surface area contributed by atoms with Gasteiger partial charge in [-0.05, 0) is 19.1 Å². The highest BCUT2D eigenvalue weighted by atomic mass is 19.4. The quantitative estimate of drug-likeness (QED) is 0.742. The number of amides is 1. The third-order valence-electron chi connectivity index (χ3n) is 3.58. The largest absolute Gasteiger partial charge is 0.480 e. The standard InChI is InChI=1S/C16H14F5N3O3/c1-8-2-4-9(5-3-8)24-13(16(19,20)21)10(7-22-24)14(25)23-11(15(26)27)6-12(17)18/h2-5,7,11-12H,6H2,1H3,(H,23,25)(H,26,27). The van der Waals surface area contributed by atoms with Gasteiger partial charge in [-0.25, -0.2) is 18.3 Å². The fourth-order valence-corrected chi connectivity index (χ4v) is 2.30. The van der Waals surface area contributed by atoms with Crippen LogP contribution < -0.4 is 5.32 Å². The molecule has 27 heavy (non-hydrogen) atoms. The summed E-state index contributed by atoms with van der Waals surface area (Å²) in [5, 5.41) is 14.1. The van der Waals surface area contributed by atoms with Crippen LogP contribution in [0.15, 0.2) is 30.5 Å². The molecule has 0 aliphatic heterocycles. The highest BCUT2D eigenvalue weighted by molar-refractivity contribution is 5.97. The molecule has 0 saturated carbocycles. The van der Waals surface area contributed by atoms with Crippen LogP contribution in [0, 0.1) is 6.92 Å². The maximum atomic E-state index is 13.5. The van der Waals surface area contributed by atoms with Crippen molar-refractivity contribution >= 4 is 11.9 Å². The Kier molecular flexibility index (Phi) is 5.82. The van der Waals surface area contributed by atoms with Crippen molar-refractivity contribution in [2.75, 3.05) is 0 Å². The summed E-state index contributed by atoms with van der Waals surface area (Å²) >= 11 is 0. The lowest BCUT2D eigenvalue weighted by molar-refractivity contribution is -0.143. The SMILES string of the molecule is Cc1ccc(-n2ncc(C(=O)NC(CC(F)F)C(=O)O)c2C(F)(F)F)cc1. The number of carboxylic acid groups (broad SMARTS) is 1. The van der Waals surface area contributed by atoms with E-state index in [1.807, 2.05) is 0 Å². The molecule has 1 heterocycles. The van der Waals surface area contributed by atoms with Crippen LogP contribution >= 0.6 is 0 Å². The van der Waals surface area contributed by atoms with Crippen LogP contribution in [0.2, 0.25) is 0 Å². The lowest BCUT2D eigenvalue weighted by atomic mass is 10.1. The Hall–Kier alpha value is -2.98. The molecule has 0 aliphatic carbocycles. The molecule has 1 aromatic carbocycles. The van der Waals surface area contributed by atoms with Crippen molar-refractivity contribution in [1.29, 1.82) is 0 Å². The van der Waals surface area contributed by atoms with Crippen LogP contribution in [0.25, 0.3) is 5.69 Å². The van der Waals surface area contributed by atoms with Gasteiger partial charge in [0.1, 0.15) is 6.04 Å². The fraction of sp³-hybridized carbons (Fsp3) is 0.312. The van der Waals surface area contributed by atoms with E-state index in [9.17, 15) is 31.5 Å². The Balaban J connectivity index is 2.43. The van der Waals surface area contributed by atoms with E-state index in [1.165, 1.54) is 12.1 Å². The highest BCUT2D eigenvalue weighted by Gasteiger charge is 2.41. The Labute approximate surface area is 149 Å². The van der Waals surface area contributed by atoms with Crippen LogP contribution in [-0.4, -0.2) is 39.2 Å². The van der Waals surface area contributed by atoms with Crippen molar-refractivity contribution in [3.8, 4) is 5.69 Å². The zero-order valence-corrected chi connectivity index (χ0v) is 13.8. The minimum Gasteiger partial charge on any atom is -0.480 e. The van der Waals surface area contributed by atoms with E-state index in [0.717, 1.165) is 5.56 Å². The second-order valence-corrected chi connectivity index (χ2v) is 5.64. The molecule has 1 amide bonds. The molecule has 0 radical (unpaired) electrons. The second-order valence-electron chi connectivity index (χ2n) is 5.64. The minimum absolute atomic E-state index is 0.0225. The Morgan fingerprint density at radius 2 is 1.81 bits per heavy atom. The molecule has 0 bridgehead atoms. The Morgan fingerprint density at radius 3 is 2.30 bits per heavy atom. The van der Waals surface area contributed by atoms with Crippen molar-refractivity contribution < 1.29 is 36.6 Å². The molecule has 1 unspecified atom stereocenters.